The third-order valence-corrected chi connectivity index (χ3v) is 2.41. The van der Waals surface area contributed by atoms with Crippen LogP contribution in [0.3, 0.4) is 0 Å². The molecule has 4 N–H and O–H groups in total. The van der Waals surface area contributed by atoms with Crippen molar-refractivity contribution < 1.29 is 14.9 Å². The van der Waals surface area contributed by atoms with Gasteiger partial charge in [-0.15, -0.1) is 0 Å². The molecule has 0 radical (unpaired) electrons. The quantitative estimate of drug-likeness (QED) is 0.517. The van der Waals surface area contributed by atoms with Crippen LogP contribution >= 0.6 is 0 Å². The van der Waals surface area contributed by atoms with E-state index in [0.717, 1.165) is 0 Å². The number of nitrogens with two attached hydrogens (primary N) is 1. The predicted octanol–water partition coefficient (Wildman–Crippen LogP) is -0.880. The molecule has 1 saturated heterocycles. The van der Waals surface area contributed by atoms with E-state index in [0.29, 0.717) is 13.0 Å². The molecule has 0 spiro atoms. The molecule has 0 bridgehead atoms. The van der Waals surface area contributed by atoms with Crippen molar-refractivity contribution in [1.29, 1.82) is 0 Å². The van der Waals surface area contributed by atoms with Crippen LogP contribution in [0.25, 0.3) is 0 Å². The van der Waals surface area contributed by atoms with Crippen molar-refractivity contribution in [2.45, 2.75) is 31.8 Å². The van der Waals surface area contributed by atoms with Gasteiger partial charge in [0.2, 0.25) is 0 Å². The van der Waals surface area contributed by atoms with Crippen LogP contribution in [0.5, 0.6) is 0 Å². The molecule has 0 amide bonds. The lowest BCUT2D eigenvalue weighted by Gasteiger charge is -2.10. The van der Waals surface area contributed by atoms with Crippen LogP contribution in [0.15, 0.2) is 4.99 Å². The number of ether oxygens (including phenoxy) is 1. The van der Waals surface area contributed by atoms with Crippen molar-refractivity contribution in [1.82, 2.24) is 0 Å². The summed E-state index contributed by atoms with van der Waals surface area (Å²) >= 11 is 0. The van der Waals surface area contributed by atoms with E-state index in [2.05, 4.69) is 4.99 Å². The van der Waals surface area contributed by atoms with Gasteiger partial charge in [0.25, 0.3) is 0 Å². The molecule has 82 valence electrons. The first-order chi connectivity index (χ1) is 6.70. The number of hydrogen-bond acceptors (Lipinski definition) is 5. The lowest BCUT2D eigenvalue weighted by atomic mass is 10.0. The lowest BCUT2D eigenvalue weighted by molar-refractivity contribution is -0.0192. The second kappa shape index (κ2) is 5.41. The molecule has 1 heterocycles. The van der Waals surface area contributed by atoms with E-state index < -0.39 is 12.2 Å². The number of rotatable bonds is 4. The van der Waals surface area contributed by atoms with Crippen molar-refractivity contribution in [3.05, 3.63) is 0 Å². The van der Waals surface area contributed by atoms with Gasteiger partial charge in [-0.25, -0.2) is 0 Å². The largest absolute Gasteiger partial charge is 0.394 e. The first-order valence-electron chi connectivity index (χ1n) is 4.86. The van der Waals surface area contributed by atoms with E-state index in [1.807, 2.05) is 6.92 Å². The van der Waals surface area contributed by atoms with E-state index in [1.54, 1.807) is 6.21 Å². The summed E-state index contributed by atoms with van der Waals surface area (Å²) in [5, 5.41) is 18.5. The van der Waals surface area contributed by atoms with Crippen LogP contribution in [0.4, 0.5) is 0 Å². The third kappa shape index (κ3) is 2.51. The molecule has 0 aromatic carbocycles. The van der Waals surface area contributed by atoms with E-state index >= 15 is 0 Å². The Balaban J connectivity index is 2.47. The Bertz CT molecular complexity index is 198. The highest BCUT2D eigenvalue weighted by Crippen LogP contribution is 2.27. The Labute approximate surface area is 83.6 Å². The van der Waals surface area contributed by atoms with Gasteiger partial charge >= 0.3 is 0 Å². The summed E-state index contributed by atoms with van der Waals surface area (Å²) in [5.41, 5.74) is 5.31. The molecule has 5 heteroatoms. The highest BCUT2D eigenvalue weighted by molar-refractivity contribution is 5.57. The number of aliphatic hydroxyl groups excluding tert-OH is 2. The normalized spacial score (nSPS) is 38.3. The van der Waals surface area contributed by atoms with Crippen molar-refractivity contribution in [2.24, 2.45) is 16.6 Å². The Hall–Kier alpha value is -0.490. The third-order valence-electron chi connectivity index (χ3n) is 2.41. The zero-order chi connectivity index (χ0) is 10.6. The Kier molecular flexibility index (Phi) is 4.47. The minimum absolute atomic E-state index is 0.0822. The van der Waals surface area contributed by atoms with Gasteiger partial charge in [-0.3, -0.25) is 4.99 Å². The average molecular weight is 202 g/mol. The SMILES string of the molecule is CC1C(N=CCCN)OC(CO)C1O. The average Bonchev–Trinajstić information content (AvgIpc) is 2.46. The number of nitrogens with zero attached hydrogens (tertiary/aromatic N) is 1. The fourth-order valence-electron chi connectivity index (χ4n) is 1.47. The van der Waals surface area contributed by atoms with Crippen LogP contribution in [0.2, 0.25) is 0 Å². The molecular formula is C9H18N2O3. The number of aliphatic imine (C=N–C) groups is 1. The van der Waals surface area contributed by atoms with E-state index in [1.165, 1.54) is 0 Å². The van der Waals surface area contributed by atoms with Gasteiger partial charge in [0.1, 0.15) is 6.10 Å². The summed E-state index contributed by atoms with van der Waals surface area (Å²) in [6.45, 7) is 2.23. The molecule has 0 aromatic rings. The zero-order valence-electron chi connectivity index (χ0n) is 8.34. The zero-order valence-corrected chi connectivity index (χ0v) is 8.34. The molecule has 1 aliphatic rings. The van der Waals surface area contributed by atoms with Crippen molar-refractivity contribution in [3.63, 3.8) is 0 Å². The Morgan fingerprint density at radius 3 is 2.79 bits per heavy atom. The van der Waals surface area contributed by atoms with E-state index in [9.17, 15) is 5.11 Å². The van der Waals surface area contributed by atoms with Crippen LogP contribution in [-0.4, -0.2) is 48.0 Å². The Morgan fingerprint density at radius 2 is 2.29 bits per heavy atom. The molecule has 0 aliphatic carbocycles. The van der Waals surface area contributed by atoms with Crippen LogP contribution in [0.1, 0.15) is 13.3 Å². The summed E-state index contributed by atoms with van der Waals surface area (Å²) in [5.74, 6) is -0.0822. The second-order valence-corrected chi connectivity index (χ2v) is 3.51. The molecule has 1 fully saturated rings. The van der Waals surface area contributed by atoms with Gasteiger partial charge in [-0.1, -0.05) is 6.92 Å². The van der Waals surface area contributed by atoms with Crippen LogP contribution in [0, 0.1) is 5.92 Å². The number of hydrogen-bond donors (Lipinski definition) is 3. The first kappa shape index (κ1) is 11.6. The second-order valence-electron chi connectivity index (χ2n) is 3.51. The molecule has 4 atom stereocenters. The lowest BCUT2D eigenvalue weighted by Crippen LogP contribution is -2.28. The summed E-state index contributed by atoms with van der Waals surface area (Å²) in [6, 6.07) is 0. The van der Waals surface area contributed by atoms with Gasteiger partial charge < -0.3 is 20.7 Å². The highest BCUT2D eigenvalue weighted by atomic mass is 16.5. The topological polar surface area (TPSA) is 88.1 Å². The molecule has 0 saturated carbocycles. The van der Waals surface area contributed by atoms with E-state index in [-0.39, 0.29) is 18.8 Å². The molecule has 0 aromatic heterocycles. The van der Waals surface area contributed by atoms with Crippen LogP contribution < -0.4 is 5.73 Å². The minimum atomic E-state index is -0.639. The maximum Gasteiger partial charge on any atom is 0.153 e. The van der Waals surface area contributed by atoms with Gasteiger partial charge in [-0.05, 0) is 13.0 Å². The maximum absolute atomic E-state index is 9.60. The summed E-state index contributed by atoms with van der Waals surface area (Å²) in [6.07, 6.45) is 0.902. The standard InChI is InChI=1S/C9H18N2O3/c1-6-8(13)7(5-12)14-9(6)11-4-2-3-10/h4,6-9,12-13H,2-3,5,10H2,1H3. The fourth-order valence-corrected chi connectivity index (χ4v) is 1.47. The molecule has 14 heavy (non-hydrogen) atoms. The highest BCUT2D eigenvalue weighted by Gasteiger charge is 2.39. The fraction of sp³-hybridized carbons (Fsp3) is 0.889. The molecule has 4 unspecified atom stereocenters. The monoisotopic (exact) mass is 202 g/mol. The Morgan fingerprint density at radius 1 is 1.57 bits per heavy atom. The van der Waals surface area contributed by atoms with Crippen molar-refractivity contribution >= 4 is 6.21 Å². The van der Waals surface area contributed by atoms with Crippen LogP contribution in [-0.2, 0) is 4.74 Å². The van der Waals surface area contributed by atoms with Gasteiger partial charge in [0, 0.05) is 12.1 Å². The summed E-state index contributed by atoms with van der Waals surface area (Å²) in [7, 11) is 0. The maximum atomic E-state index is 9.60. The molecule has 1 aliphatic heterocycles. The predicted molar refractivity (Wildman–Crippen MR) is 53.1 cm³/mol. The first-order valence-corrected chi connectivity index (χ1v) is 4.86. The van der Waals surface area contributed by atoms with Crippen molar-refractivity contribution in [3.8, 4) is 0 Å². The van der Waals surface area contributed by atoms with Crippen molar-refractivity contribution in [2.75, 3.05) is 13.2 Å². The van der Waals surface area contributed by atoms with Gasteiger partial charge in [0.05, 0.1) is 12.7 Å². The van der Waals surface area contributed by atoms with E-state index in [4.69, 9.17) is 15.6 Å². The molecule has 1 rings (SSSR count). The van der Waals surface area contributed by atoms with Gasteiger partial charge in [-0.2, -0.15) is 0 Å². The summed E-state index contributed by atoms with van der Waals surface area (Å²) in [4.78, 5) is 4.14. The summed E-state index contributed by atoms with van der Waals surface area (Å²) < 4.78 is 5.34. The number of aliphatic hydroxyl groups is 2. The molecule has 5 nitrogen and oxygen atoms in total. The smallest absolute Gasteiger partial charge is 0.153 e. The van der Waals surface area contributed by atoms with Gasteiger partial charge in [0.15, 0.2) is 6.23 Å². The molecular weight excluding hydrogens is 184 g/mol. The minimum Gasteiger partial charge on any atom is -0.394 e.